The minimum atomic E-state index is -0.841. The molecule has 0 saturated carbocycles. The number of unbranched alkanes of at least 4 members (excludes halogenated alkanes) is 49. The summed E-state index contributed by atoms with van der Waals surface area (Å²) in [5, 5.41) is 23.0. The summed E-state index contributed by atoms with van der Waals surface area (Å²) in [4.78, 5) is 24.5. The van der Waals surface area contributed by atoms with E-state index in [1.807, 2.05) is 6.08 Å². The lowest BCUT2D eigenvalue weighted by Gasteiger charge is -2.20. The fourth-order valence-corrected chi connectivity index (χ4v) is 11.2. The first kappa shape index (κ1) is 79.6. The molecule has 2 unspecified atom stereocenters. The predicted molar refractivity (Wildman–Crippen MR) is 361 cm³/mol. The largest absolute Gasteiger partial charge is 0.466 e. The van der Waals surface area contributed by atoms with Crippen LogP contribution in [0.2, 0.25) is 0 Å². The third kappa shape index (κ3) is 66.7. The van der Waals surface area contributed by atoms with E-state index in [4.69, 9.17) is 4.74 Å². The van der Waals surface area contributed by atoms with Gasteiger partial charge in [0.05, 0.1) is 25.4 Å². The second-order valence-corrected chi connectivity index (χ2v) is 24.9. The number of allylic oxidation sites excluding steroid dienone is 9. The lowest BCUT2D eigenvalue weighted by Crippen LogP contribution is -2.45. The van der Waals surface area contributed by atoms with Gasteiger partial charge in [-0.15, -0.1) is 0 Å². The topological polar surface area (TPSA) is 95.9 Å². The molecule has 0 rings (SSSR count). The van der Waals surface area contributed by atoms with Crippen LogP contribution in [0.25, 0.3) is 0 Å². The molecule has 0 aliphatic heterocycles. The zero-order valence-corrected chi connectivity index (χ0v) is 55.0. The molecule has 0 aromatic carbocycles. The van der Waals surface area contributed by atoms with E-state index in [0.29, 0.717) is 19.4 Å². The van der Waals surface area contributed by atoms with Gasteiger partial charge in [0.1, 0.15) is 0 Å². The summed E-state index contributed by atoms with van der Waals surface area (Å²) < 4.78 is 5.49. The van der Waals surface area contributed by atoms with Crippen LogP contribution in [0, 0.1) is 0 Å². The third-order valence-corrected chi connectivity index (χ3v) is 16.8. The fraction of sp³-hybridized carbons (Fsp3) is 0.842. The molecule has 6 nitrogen and oxygen atoms in total. The van der Waals surface area contributed by atoms with Gasteiger partial charge >= 0.3 is 5.97 Å². The minimum absolute atomic E-state index is 0.00646. The summed E-state index contributed by atoms with van der Waals surface area (Å²) in [6.45, 7) is 4.88. The molecule has 0 aliphatic rings. The summed E-state index contributed by atoms with van der Waals surface area (Å²) in [6, 6.07) is -0.624. The van der Waals surface area contributed by atoms with Crippen molar-refractivity contribution >= 4 is 11.9 Å². The number of amides is 1. The van der Waals surface area contributed by atoms with Crippen molar-refractivity contribution < 1.29 is 24.5 Å². The monoisotopic (exact) mass is 1150 g/mol. The van der Waals surface area contributed by atoms with Crippen molar-refractivity contribution in [2.24, 2.45) is 0 Å². The second-order valence-electron chi connectivity index (χ2n) is 24.9. The molecule has 3 N–H and O–H groups in total. The molecule has 0 radical (unpaired) electrons. The van der Waals surface area contributed by atoms with E-state index in [0.717, 1.165) is 57.8 Å². The SMILES string of the molecule is CCCCCC/C=C\C/C=C\CCCCCCCC(=O)OCCCCCCCCCCCCCCCCC/C=C\C/C=C\CCCCCCCCCCCCCCCCCCCC(=O)NC(CO)C(O)/C=C/CCCCCCCCCC. The smallest absolute Gasteiger partial charge is 0.305 e. The van der Waals surface area contributed by atoms with E-state index >= 15 is 0 Å². The van der Waals surface area contributed by atoms with Crippen molar-refractivity contribution in [3.05, 3.63) is 60.8 Å². The molecule has 2 atom stereocenters. The lowest BCUT2D eigenvalue weighted by molar-refractivity contribution is -0.143. The zero-order valence-electron chi connectivity index (χ0n) is 55.0. The molecule has 0 aromatic rings. The van der Waals surface area contributed by atoms with E-state index in [9.17, 15) is 19.8 Å². The molecular weight excluding hydrogens is 1010 g/mol. The van der Waals surface area contributed by atoms with Gasteiger partial charge in [0, 0.05) is 12.8 Å². The zero-order chi connectivity index (χ0) is 59.2. The molecule has 0 bridgehead atoms. The summed E-state index contributed by atoms with van der Waals surface area (Å²) in [6.07, 6.45) is 94.8. The van der Waals surface area contributed by atoms with Crippen molar-refractivity contribution in [1.82, 2.24) is 5.32 Å². The average molecular weight is 1150 g/mol. The third-order valence-electron chi connectivity index (χ3n) is 16.8. The molecule has 1 amide bonds. The van der Waals surface area contributed by atoms with Crippen molar-refractivity contribution in [2.45, 2.75) is 398 Å². The number of hydrogen-bond donors (Lipinski definition) is 3. The first-order valence-corrected chi connectivity index (χ1v) is 36.6. The number of hydrogen-bond acceptors (Lipinski definition) is 5. The molecule has 82 heavy (non-hydrogen) atoms. The van der Waals surface area contributed by atoms with Gasteiger partial charge in [0.15, 0.2) is 0 Å². The molecule has 0 aromatic heterocycles. The molecule has 0 fully saturated rings. The lowest BCUT2D eigenvalue weighted by atomic mass is 10.0. The van der Waals surface area contributed by atoms with Crippen molar-refractivity contribution in [3.8, 4) is 0 Å². The van der Waals surface area contributed by atoms with Crippen LogP contribution in [0.15, 0.2) is 60.8 Å². The quantitative estimate of drug-likeness (QED) is 0.0320. The predicted octanol–water partition coefficient (Wildman–Crippen LogP) is 23.8. The first-order valence-electron chi connectivity index (χ1n) is 36.6. The molecule has 0 saturated heterocycles. The Morgan fingerprint density at radius 1 is 0.341 bits per heavy atom. The Labute approximate surface area is 511 Å². The van der Waals surface area contributed by atoms with Crippen LogP contribution in [-0.4, -0.2) is 47.4 Å². The Hall–Kier alpha value is -2.44. The number of aliphatic hydroxyl groups is 2. The standard InChI is InChI=1S/C76H141NO5/c1-3-5-7-9-11-13-15-16-17-44-47-50-54-58-62-66-70-76(81)82-71-67-63-59-55-51-48-45-42-40-38-36-34-32-30-28-26-24-22-20-18-19-21-23-25-27-29-31-33-35-37-39-41-43-46-49-53-57-61-65-69-75(80)77-73(72-78)74(79)68-64-60-56-52-14-12-10-8-6-4-2/h13,15,17-19,22,24,44,64,68,73-74,78-79H,3-12,14,16,20-21,23,25-43,45-63,65-67,69-72H2,1-2H3,(H,77,80)/b15-13-,19-18-,24-22-,44-17-,68-64+. The van der Waals surface area contributed by atoms with E-state index in [1.165, 1.54) is 302 Å². The van der Waals surface area contributed by atoms with E-state index in [2.05, 4.69) is 67.8 Å². The van der Waals surface area contributed by atoms with Gasteiger partial charge in [-0.1, -0.05) is 338 Å². The number of esters is 1. The summed E-state index contributed by atoms with van der Waals surface area (Å²) in [5.41, 5.74) is 0. The van der Waals surface area contributed by atoms with Crippen LogP contribution < -0.4 is 5.32 Å². The highest BCUT2D eigenvalue weighted by molar-refractivity contribution is 5.76. The molecule has 0 aliphatic carbocycles. The highest BCUT2D eigenvalue weighted by Gasteiger charge is 2.18. The number of rotatable bonds is 68. The Kier molecular flexibility index (Phi) is 68.9. The van der Waals surface area contributed by atoms with Gasteiger partial charge < -0.3 is 20.3 Å². The number of nitrogens with one attached hydrogen (secondary N) is 1. The Morgan fingerprint density at radius 3 is 0.939 bits per heavy atom. The van der Waals surface area contributed by atoms with Gasteiger partial charge in [-0.25, -0.2) is 0 Å². The Morgan fingerprint density at radius 2 is 0.610 bits per heavy atom. The van der Waals surface area contributed by atoms with Gasteiger partial charge in [-0.05, 0) is 96.3 Å². The maximum Gasteiger partial charge on any atom is 0.305 e. The van der Waals surface area contributed by atoms with Crippen LogP contribution in [-0.2, 0) is 14.3 Å². The number of ether oxygens (including phenoxy) is 1. The highest BCUT2D eigenvalue weighted by atomic mass is 16.5. The number of aliphatic hydroxyl groups excluding tert-OH is 2. The number of carbonyl (C=O) groups excluding carboxylic acids is 2. The minimum Gasteiger partial charge on any atom is -0.466 e. The number of carbonyl (C=O) groups is 2. The van der Waals surface area contributed by atoms with Crippen LogP contribution >= 0.6 is 0 Å². The summed E-state index contributed by atoms with van der Waals surface area (Å²) in [7, 11) is 0. The molecule has 0 heterocycles. The molecule has 0 spiro atoms. The Bertz CT molecular complexity index is 1420. The van der Waals surface area contributed by atoms with Crippen molar-refractivity contribution in [3.63, 3.8) is 0 Å². The second kappa shape index (κ2) is 71.0. The molecule has 480 valence electrons. The Balaban J connectivity index is 3.35. The maximum absolute atomic E-state index is 12.4. The summed E-state index contributed by atoms with van der Waals surface area (Å²) in [5.74, 6) is -0.0596. The van der Waals surface area contributed by atoms with E-state index < -0.39 is 12.1 Å². The van der Waals surface area contributed by atoms with E-state index in [-0.39, 0.29) is 18.5 Å². The van der Waals surface area contributed by atoms with Crippen LogP contribution in [0.3, 0.4) is 0 Å². The highest BCUT2D eigenvalue weighted by Crippen LogP contribution is 2.18. The normalized spacial score (nSPS) is 12.9. The maximum atomic E-state index is 12.4. The van der Waals surface area contributed by atoms with E-state index in [1.54, 1.807) is 6.08 Å². The summed E-state index contributed by atoms with van der Waals surface area (Å²) >= 11 is 0. The van der Waals surface area contributed by atoms with Gasteiger partial charge in [-0.2, -0.15) is 0 Å². The van der Waals surface area contributed by atoms with Gasteiger partial charge in [0.25, 0.3) is 0 Å². The van der Waals surface area contributed by atoms with Crippen LogP contribution in [0.1, 0.15) is 386 Å². The fourth-order valence-electron chi connectivity index (χ4n) is 11.2. The molecule has 6 heteroatoms. The first-order chi connectivity index (χ1) is 40.5. The molecular formula is C76H141NO5. The van der Waals surface area contributed by atoms with Gasteiger partial charge in [0.2, 0.25) is 5.91 Å². The van der Waals surface area contributed by atoms with Crippen molar-refractivity contribution in [2.75, 3.05) is 13.2 Å². The van der Waals surface area contributed by atoms with Crippen molar-refractivity contribution in [1.29, 1.82) is 0 Å². The average Bonchev–Trinajstić information content (AvgIpc) is 3.48. The van der Waals surface area contributed by atoms with Crippen LogP contribution in [0.5, 0.6) is 0 Å². The van der Waals surface area contributed by atoms with Gasteiger partial charge in [-0.3, -0.25) is 9.59 Å². The van der Waals surface area contributed by atoms with Crippen LogP contribution in [0.4, 0.5) is 0 Å².